The van der Waals surface area contributed by atoms with E-state index in [2.05, 4.69) is 4.72 Å². The zero-order valence-corrected chi connectivity index (χ0v) is 16.0. The molecule has 0 bridgehead atoms. The minimum absolute atomic E-state index is 0.0315. The van der Waals surface area contributed by atoms with Crippen LogP contribution < -0.4 is 10.2 Å². The lowest BCUT2D eigenvalue weighted by molar-refractivity contribution is -0.132. The molecule has 26 heavy (non-hydrogen) atoms. The van der Waals surface area contributed by atoms with E-state index in [9.17, 15) is 13.2 Å². The molecule has 0 radical (unpaired) electrons. The van der Waals surface area contributed by atoms with Gasteiger partial charge in [0.2, 0.25) is 10.0 Å². The Bertz CT molecular complexity index is 869. The monoisotopic (exact) mass is 396 g/mol. The quantitative estimate of drug-likeness (QED) is 0.494. The second kappa shape index (κ2) is 8.64. The predicted molar refractivity (Wildman–Crippen MR) is 100 cm³/mol. The van der Waals surface area contributed by atoms with E-state index in [4.69, 9.17) is 16.8 Å². The zero-order chi connectivity index (χ0) is 19.3. The summed E-state index contributed by atoms with van der Waals surface area (Å²) in [5.41, 5.74) is 3.04. The van der Waals surface area contributed by atoms with Crippen molar-refractivity contribution in [3.8, 4) is 11.1 Å². The first-order valence-electron chi connectivity index (χ1n) is 8.10. The van der Waals surface area contributed by atoms with Gasteiger partial charge in [0.05, 0.1) is 4.90 Å². The first kappa shape index (κ1) is 20.4. The van der Waals surface area contributed by atoms with Crippen LogP contribution in [0, 0.1) is 5.92 Å². The molecule has 6 nitrogen and oxygen atoms in total. The molecular formula is C18H21ClN2O4S. The molecule has 0 aliphatic carbocycles. The van der Waals surface area contributed by atoms with Gasteiger partial charge in [-0.2, -0.15) is 4.72 Å². The van der Waals surface area contributed by atoms with Crippen LogP contribution in [0.25, 0.3) is 11.1 Å². The molecule has 3 N–H and O–H groups in total. The summed E-state index contributed by atoms with van der Waals surface area (Å²) in [5, 5.41) is 9.48. The van der Waals surface area contributed by atoms with Crippen LogP contribution in [0.3, 0.4) is 0 Å². The van der Waals surface area contributed by atoms with Crippen molar-refractivity contribution < 1.29 is 18.4 Å². The molecule has 8 heteroatoms. The van der Waals surface area contributed by atoms with Gasteiger partial charge in [-0.05, 0) is 41.3 Å². The first-order valence-corrected chi connectivity index (χ1v) is 9.97. The average molecular weight is 397 g/mol. The van der Waals surface area contributed by atoms with Crippen molar-refractivity contribution in [2.24, 2.45) is 5.92 Å². The minimum atomic E-state index is -3.96. The Balaban J connectivity index is 2.35. The van der Waals surface area contributed by atoms with Crippen molar-refractivity contribution >= 4 is 27.5 Å². The second-order valence-corrected chi connectivity index (χ2v) is 8.15. The summed E-state index contributed by atoms with van der Waals surface area (Å²) in [6.45, 7) is 3.56. The number of rotatable bonds is 7. The molecule has 2 rings (SSSR count). The van der Waals surface area contributed by atoms with E-state index < -0.39 is 22.0 Å². The summed E-state index contributed by atoms with van der Waals surface area (Å²) < 4.78 is 27.8. The minimum Gasteiger partial charge on any atom is -0.289 e. The molecule has 0 spiro atoms. The molecule has 140 valence electrons. The van der Waals surface area contributed by atoms with E-state index in [0.717, 1.165) is 5.56 Å². The van der Waals surface area contributed by atoms with Gasteiger partial charge in [-0.1, -0.05) is 56.1 Å². The van der Waals surface area contributed by atoms with Gasteiger partial charge in [0.1, 0.15) is 6.04 Å². The Labute approximate surface area is 158 Å². The third kappa shape index (κ3) is 4.82. The fourth-order valence-electron chi connectivity index (χ4n) is 2.45. The van der Waals surface area contributed by atoms with Crippen molar-refractivity contribution in [1.82, 2.24) is 10.2 Å². The van der Waals surface area contributed by atoms with Crippen molar-refractivity contribution in [1.29, 1.82) is 0 Å². The number of sulfonamides is 1. The van der Waals surface area contributed by atoms with E-state index in [1.807, 2.05) is 6.92 Å². The molecule has 0 fully saturated rings. The van der Waals surface area contributed by atoms with Crippen LogP contribution in [0.15, 0.2) is 53.4 Å². The largest absolute Gasteiger partial charge is 0.289 e. The molecule has 0 saturated heterocycles. The van der Waals surface area contributed by atoms with Gasteiger partial charge in [0.25, 0.3) is 5.91 Å². The first-order chi connectivity index (χ1) is 12.3. The van der Waals surface area contributed by atoms with E-state index in [1.165, 1.54) is 17.6 Å². The number of halogens is 1. The third-order valence-corrected chi connectivity index (χ3v) is 5.90. The van der Waals surface area contributed by atoms with Gasteiger partial charge in [-0.25, -0.2) is 13.9 Å². The lowest BCUT2D eigenvalue weighted by Crippen LogP contribution is -2.49. The van der Waals surface area contributed by atoms with Crippen molar-refractivity contribution in [3.63, 3.8) is 0 Å². The van der Waals surface area contributed by atoms with Crippen LogP contribution in [0.2, 0.25) is 5.02 Å². The molecular weight excluding hydrogens is 376 g/mol. The SMILES string of the molecule is CC[C@H](C)[C@H](NS(=O)(=O)c1cccc(-c2ccc(Cl)cc2)c1)C(=O)NO. The number of nitrogens with one attached hydrogen (secondary N) is 2. The van der Waals surface area contributed by atoms with E-state index in [-0.39, 0.29) is 10.8 Å². The molecule has 2 aromatic carbocycles. The maximum Gasteiger partial charge on any atom is 0.261 e. The summed E-state index contributed by atoms with van der Waals surface area (Å²) in [5.74, 6) is -1.09. The molecule has 0 aromatic heterocycles. The number of carbonyl (C=O) groups excluding carboxylic acids is 1. The zero-order valence-electron chi connectivity index (χ0n) is 14.4. The van der Waals surface area contributed by atoms with Gasteiger partial charge in [-0.15, -0.1) is 0 Å². The topological polar surface area (TPSA) is 95.5 Å². The Hall–Kier alpha value is -1.93. The van der Waals surface area contributed by atoms with E-state index >= 15 is 0 Å². The smallest absolute Gasteiger partial charge is 0.261 e. The van der Waals surface area contributed by atoms with Crippen molar-refractivity contribution in [2.75, 3.05) is 0 Å². The second-order valence-electron chi connectivity index (χ2n) is 6.00. The summed E-state index contributed by atoms with van der Waals surface area (Å²) in [7, 11) is -3.96. The summed E-state index contributed by atoms with van der Waals surface area (Å²) in [6, 6.07) is 12.3. The highest BCUT2D eigenvalue weighted by Crippen LogP contribution is 2.24. The maximum atomic E-state index is 12.7. The molecule has 2 atom stereocenters. The highest BCUT2D eigenvalue weighted by Gasteiger charge is 2.29. The number of amides is 1. The standard InChI is InChI=1S/C18H21ClN2O4S/c1-3-12(2)17(18(22)20-23)21-26(24,25)16-6-4-5-14(11-16)13-7-9-15(19)10-8-13/h4-12,17,21,23H,3H2,1-2H3,(H,20,22)/t12-,17-/m0/s1. The fourth-order valence-corrected chi connectivity index (χ4v) is 3.93. The normalized spacial score (nSPS) is 13.8. The Morgan fingerprint density at radius 1 is 1.15 bits per heavy atom. The van der Waals surface area contributed by atoms with Gasteiger partial charge < -0.3 is 0 Å². The number of benzene rings is 2. The van der Waals surface area contributed by atoms with E-state index in [1.54, 1.807) is 43.3 Å². The van der Waals surface area contributed by atoms with Gasteiger partial charge >= 0.3 is 0 Å². The number of hydroxylamine groups is 1. The molecule has 0 aliphatic rings. The number of carbonyl (C=O) groups is 1. The molecule has 0 saturated carbocycles. The van der Waals surface area contributed by atoms with Crippen LogP contribution in [-0.4, -0.2) is 25.6 Å². The fraction of sp³-hybridized carbons (Fsp3) is 0.278. The lowest BCUT2D eigenvalue weighted by Gasteiger charge is -2.22. The Morgan fingerprint density at radius 2 is 1.81 bits per heavy atom. The van der Waals surface area contributed by atoms with Crippen molar-refractivity contribution in [3.05, 3.63) is 53.6 Å². The van der Waals surface area contributed by atoms with E-state index in [0.29, 0.717) is 17.0 Å². The summed E-state index contributed by atoms with van der Waals surface area (Å²) >= 11 is 5.88. The van der Waals surface area contributed by atoms with Crippen LogP contribution >= 0.6 is 11.6 Å². The Kier molecular flexibility index (Phi) is 6.77. The third-order valence-electron chi connectivity index (χ3n) is 4.21. The van der Waals surface area contributed by atoms with Crippen LogP contribution in [0.1, 0.15) is 20.3 Å². The van der Waals surface area contributed by atoms with Gasteiger partial charge in [0, 0.05) is 5.02 Å². The summed E-state index contributed by atoms with van der Waals surface area (Å²) in [4.78, 5) is 11.9. The number of hydrogen-bond acceptors (Lipinski definition) is 4. The Morgan fingerprint density at radius 3 is 2.38 bits per heavy atom. The maximum absolute atomic E-state index is 12.7. The van der Waals surface area contributed by atoms with Gasteiger partial charge in [-0.3, -0.25) is 10.0 Å². The molecule has 0 aliphatic heterocycles. The summed E-state index contributed by atoms with van der Waals surface area (Å²) in [6.07, 6.45) is 0.561. The molecule has 0 unspecified atom stereocenters. The molecule has 0 heterocycles. The van der Waals surface area contributed by atoms with Crippen LogP contribution in [0.4, 0.5) is 0 Å². The van der Waals surface area contributed by atoms with Crippen LogP contribution in [0.5, 0.6) is 0 Å². The molecule has 2 aromatic rings. The highest BCUT2D eigenvalue weighted by molar-refractivity contribution is 7.89. The van der Waals surface area contributed by atoms with Crippen LogP contribution in [-0.2, 0) is 14.8 Å². The number of hydrogen-bond donors (Lipinski definition) is 3. The lowest BCUT2D eigenvalue weighted by atomic mass is 10.00. The van der Waals surface area contributed by atoms with Crippen molar-refractivity contribution in [2.45, 2.75) is 31.2 Å². The average Bonchev–Trinajstić information content (AvgIpc) is 2.65. The van der Waals surface area contributed by atoms with Gasteiger partial charge in [0.15, 0.2) is 0 Å². The molecule has 1 amide bonds. The predicted octanol–water partition coefficient (Wildman–Crippen LogP) is 3.21. The highest BCUT2D eigenvalue weighted by atomic mass is 35.5.